The maximum atomic E-state index is 13.2. The number of carbonyl (C=O) groups excluding carboxylic acids is 3. The second-order valence-corrected chi connectivity index (χ2v) is 8.65. The van der Waals surface area contributed by atoms with E-state index in [9.17, 15) is 14.4 Å². The molecule has 160 valence electrons. The lowest BCUT2D eigenvalue weighted by molar-refractivity contribution is -0.130. The number of aromatic nitrogens is 2. The minimum atomic E-state index is -0.849. The number of hydrogen-bond acceptors (Lipinski definition) is 4. The fraction of sp³-hybridized carbons (Fsp3) is 0.455. The third kappa shape index (κ3) is 4.69. The molecule has 0 radical (unpaired) electrons. The highest BCUT2D eigenvalue weighted by Crippen LogP contribution is 2.28. The highest BCUT2D eigenvalue weighted by atomic mass is 16.2. The fourth-order valence-electron chi connectivity index (χ4n) is 3.63. The molecule has 1 aromatic heterocycles. The summed E-state index contributed by atoms with van der Waals surface area (Å²) in [6.45, 7) is 7.66. The molecule has 0 saturated heterocycles. The number of hydrazine groups is 1. The molecular weight excluding hydrogens is 382 g/mol. The maximum absolute atomic E-state index is 13.2. The van der Waals surface area contributed by atoms with E-state index in [1.54, 1.807) is 0 Å². The second kappa shape index (κ2) is 8.69. The lowest BCUT2D eigenvalue weighted by atomic mass is 9.86. The fourth-order valence-corrected chi connectivity index (χ4v) is 3.63. The Morgan fingerprint density at radius 1 is 1.07 bits per heavy atom. The number of hydrogen-bond donors (Lipinski definition) is 3. The smallest absolute Gasteiger partial charge is 0.272 e. The molecule has 30 heavy (non-hydrogen) atoms. The summed E-state index contributed by atoms with van der Waals surface area (Å²) >= 11 is 0. The van der Waals surface area contributed by atoms with Crippen molar-refractivity contribution in [1.29, 1.82) is 0 Å². The van der Waals surface area contributed by atoms with Gasteiger partial charge in [0.25, 0.3) is 11.8 Å². The molecule has 0 bridgehead atoms. The van der Waals surface area contributed by atoms with E-state index in [1.165, 1.54) is 6.92 Å². The summed E-state index contributed by atoms with van der Waals surface area (Å²) in [6, 6.07) is 8.94. The van der Waals surface area contributed by atoms with Crippen LogP contribution in [0.4, 0.5) is 0 Å². The van der Waals surface area contributed by atoms with Crippen molar-refractivity contribution in [2.24, 2.45) is 5.41 Å². The van der Waals surface area contributed by atoms with Gasteiger partial charge in [-0.25, -0.2) is 4.98 Å². The van der Waals surface area contributed by atoms with E-state index < -0.39 is 23.3 Å². The predicted molar refractivity (Wildman–Crippen MR) is 113 cm³/mol. The van der Waals surface area contributed by atoms with Crippen molar-refractivity contribution in [2.75, 3.05) is 0 Å². The summed E-state index contributed by atoms with van der Waals surface area (Å²) in [5.74, 6) is -0.494. The molecule has 1 aliphatic rings. The lowest BCUT2D eigenvalue weighted by Gasteiger charge is -2.30. The zero-order chi connectivity index (χ0) is 21.9. The van der Waals surface area contributed by atoms with Gasteiger partial charge >= 0.3 is 0 Å². The van der Waals surface area contributed by atoms with Crippen LogP contribution in [0.25, 0.3) is 11.4 Å². The van der Waals surface area contributed by atoms with Crippen LogP contribution >= 0.6 is 0 Å². The zero-order valence-electron chi connectivity index (χ0n) is 17.9. The monoisotopic (exact) mass is 411 g/mol. The summed E-state index contributed by atoms with van der Waals surface area (Å²) in [4.78, 5) is 41.6. The third-order valence-corrected chi connectivity index (χ3v) is 5.13. The van der Waals surface area contributed by atoms with Gasteiger partial charge < -0.3 is 9.88 Å². The van der Waals surface area contributed by atoms with Crippen LogP contribution in [-0.4, -0.2) is 33.3 Å². The Labute approximate surface area is 176 Å². The van der Waals surface area contributed by atoms with Gasteiger partial charge in [-0.2, -0.15) is 0 Å². The van der Waals surface area contributed by atoms with Crippen molar-refractivity contribution in [3.05, 3.63) is 41.7 Å². The summed E-state index contributed by atoms with van der Waals surface area (Å²) in [7, 11) is 0. The van der Waals surface area contributed by atoms with Crippen molar-refractivity contribution in [2.45, 2.75) is 59.5 Å². The van der Waals surface area contributed by atoms with Crippen molar-refractivity contribution >= 4 is 17.7 Å². The summed E-state index contributed by atoms with van der Waals surface area (Å²) < 4.78 is 2.11. The number of imidazole rings is 1. The molecule has 8 heteroatoms. The van der Waals surface area contributed by atoms with Crippen LogP contribution in [0.3, 0.4) is 0 Å². The summed E-state index contributed by atoms with van der Waals surface area (Å²) in [5.41, 5.74) is 6.27. The molecule has 0 unspecified atom stereocenters. The first kappa shape index (κ1) is 21.5. The van der Waals surface area contributed by atoms with Crippen LogP contribution in [-0.2, 0) is 22.6 Å². The van der Waals surface area contributed by atoms with Gasteiger partial charge in [0, 0.05) is 19.0 Å². The molecule has 1 atom stereocenters. The molecule has 3 N–H and O–H groups in total. The van der Waals surface area contributed by atoms with Crippen LogP contribution < -0.4 is 16.2 Å². The minimum absolute atomic E-state index is 0.357. The number of fused-ring (bicyclic) bond motifs is 1. The van der Waals surface area contributed by atoms with Crippen molar-refractivity contribution < 1.29 is 14.4 Å². The summed E-state index contributed by atoms with van der Waals surface area (Å²) in [6.07, 6.45) is 2.79. The van der Waals surface area contributed by atoms with Crippen molar-refractivity contribution in [1.82, 2.24) is 25.7 Å². The number of rotatable bonds is 4. The van der Waals surface area contributed by atoms with Crippen LogP contribution in [0.2, 0.25) is 0 Å². The molecular formula is C22H29N5O3. The normalized spacial score (nSPS) is 14.4. The number of nitrogens with one attached hydrogen (secondary N) is 3. The Morgan fingerprint density at radius 2 is 1.77 bits per heavy atom. The maximum Gasteiger partial charge on any atom is 0.272 e. The van der Waals surface area contributed by atoms with Gasteiger partial charge in [0.15, 0.2) is 0 Å². The van der Waals surface area contributed by atoms with E-state index >= 15 is 0 Å². The first-order valence-electron chi connectivity index (χ1n) is 10.2. The molecule has 3 rings (SSSR count). The standard InChI is InChI=1S/C22H29N5O3/c1-14(28)25-26-21(30)18(22(2,3)4)24-20(29)17-16-12-8-9-13-27(16)19(23-17)15-10-6-5-7-11-15/h5-7,10-11,18H,8-9,12-13H2,1-4H3,(H,24,29)(H,25,28)(H,26,30)/t18-/m1/s1. The Bertz CT molecular complexity index is 944. The highest BCUT2D eigenvalue weighted by Gasteiger charge is 2.35. The topological polar surface area (TPSA) is 105 Å². The van der Waals surface area contributed by atoms with Crippen LogP contribution in [0.1, 0.15) is 56.7 Å². The molecule has 1 aliphatic heterocycles. The molecule has 0 spiro atoms. The molecule has 0 aliphatic carbocycles. The Morgan fingerprint density at radius 3 is 2.40 bits per heavy atom. The third-order valence-electron chi connectivity index (χ3n) is 5.13. The zero-order valence-corrected chi connectivity index (χ0v) is 17.9. The van der Waals surface area contributed by atoms with Gasteiger partial charge in [-0.3, -0.25) is 25.2 Å². The van der Waals surface area contributed by atoms with Gasteiger partial charge in [-0.15, -0.1) is 0 Å². The molecule has 0 saturated carbocycles. The lowest BCUT2D eigenvalue weighted by Crippen LogP contribution is -2.57. The quantitative estimate of drug-likeness (QED) is 0.671. The van der Waals surface area contributed by atoms with Crippen LogP contribution in [0, 0.1) is 5.41 Å². The van der Waals surface area contributed by atoms with E-state index in [1.807, 2.05) is 51.1 Å². The first-order valence-corrected chi connectivity index (χ1v) is 10.2. The van der Waals surface area contributed by atoms with E-state index in [0.717, 1.165) is 42.9 Å². The van der Waals surface area contributed by atoms with Gasteiger partial charge in [0.05, 0.1) is 5.69 Å². The number of carbonyl (C=O) groups is 3. The average Bonchev–Trinajstić information content (AvgIpc) is 3.09. The van der Waals surface area contributed by atoms with E-state index in [2.05, 4.69) is 25.7 Å². The van der Waals surface area contributed by atoms with E-state index in [0.29, 0.717) is 5.69 Å². The predicted octanol–water partition coefficient (Wildman–Crippen LogP) is 2.20. The molecule has 3 amide bonds. The van der Waals surface area contributed by atoms with Gasteiger partial charge in [0.2, 0.25) is 5.91 Å². The Balaban J connectivity index is 1.91. The Kier molecular flexibility index (Phi) is 6.24. The molecule has 8 nitrogen and oxygen atoms in total. The number of benzene rings is 1. The van der Waals surface area contributed by atoms with Gasteiger partial charge in [-0.05, 0) is 24.7 Å². The molecule has 1 aromatic carbocycles. The van der Waals surface area contributed by atoms with Crippen LogP contribution in [0.15, 0.2) is 30.3 Å². The second-order valence-electron chi connectivity index (χ2n) is 8.65. The Hall–Kier alpha value is -3.16. The minimum Gasteiger partial charge on any atom is -0.338 e. The SMILES string of the molecule is CC(=O)NNC(=O)[C@@H](NC(=O)c1nc(-c2ccccc2)n2c1CCCC2)C(C)(C)C. The van der Waals surface area contributed by atoms with Crippen molar-refractivity contribution in [3.63, 3.8) is 0 Å². The average molecular weight is 412 g/mol. The largest absolute Gasteiger partial charge is 0.338 e. The van der Waals surface area contributed by atoms with Gasteiger partial charge in [0.1, 0.15) is 17.6 Å². The molecule has 2 heterocycles. The highest BCUT2D eigenvalue weighted by molar-refractivity contribution is 5.98. The first-order chi connectivity index (χ1) is 14.2. The summed E-state index contributed by atoms with van der Waals surface area (Å²) in [5, 5.41) is 2.83. The number of amides is 3. The molecule has 2 aromatic rings. The van der Waals surface area contributed by atoms with E-state index in [4.69, 9.17) is 0 Å². The van der Waals surface area contributed by atoms with Crippen molar-refractivity contribution in [3.8, 4) is 11.4 Å². The van der Waals surface area contributed by atoms with Crippen LogP contribution in [0.5, 0.6) is 0 Å². The number of nitrogens with zero attached hydrogens (tertiary/aromatic N) is 2. The molecule has 0 fully saturated rings. The van der Waals surface area contributed by atoms with E-state index in [-0.39, 0.29) is 5.91 Å². The van der Waals surface area contributed by atoms with Gasteiger partial charge in [-0.1, -0.05) is 51.1 Å².